The van der Waals surface area contributed by atoms with Crippen LogP contribution in [-0.4, -0.2) is 59.3 Å². The standard InChI is InChI=1S/C30H31N5O2S/c36-27(33-28(24-12-6-2-7-13-24)25-14-8-3-9-15-25)21-34-16-18-35(19-17-34)29(37)26-22-38-30(32-26)31-20-23-10-4-1-5-11-23/h1-15,22,28H,16-21H2,(H,31,32)(H,33,36). The number of carbonyl (C=O) groups is 2. The third-order valence-corrected chi connectivity index (χ3v) is 7.41. The second-order valence-electron chi connectivity index (χ2n) is 9.27. The molecule has 8 heteroatoms. The molecule has 38 heavy (non-hydrogen) atoms. The van der Waals surface area contributed by atoms with Crippen molar-refractivity contribution >= 4 is 28.3 Å². The molecule has 194 valence electrons. The molecular weight excluding hydrogens is 494 g/mol. The van der Waals surface area contributed by atoms with Crippen LogP contribution in [0.3, 0.4) is 0 Å². The zero-order chi connectivity index (χ0) is 26.2. The molecule has 2 heterocycles. The van der Waals surface area contributed by atoms with Gasteiger partial charge in [-0.15, -0.1) is 11.3 Å². The monoisotopic (exact) mass is 525 g/mol. The number of rotatable bonds is 9. The molecule has 1 fully saturated rings. The number of nitrogens with one attached hydrogen (secondary N) is 2. The summed E-state index contributed by atoms with van der Waals surface area (Å²) in [5, 5.41) is 9.04. The van der Waals surface area contributed by atoms with Gasteiger partial charge < -0.3 is 15.5 Å². The SMILES string of the molecule is O=C(CN1CCN(C(=O)c2csc(NCc3ccccc3)n2)CC1)NC(c1ccccc1)c1ccccc1. The molecular formula is C30H31N5O2S. The van der Waals surface area contributed by atoms with E-state index in [0.29, 0.717) is 45.0 Å². The van der Waals surface area contributed by atoms with E-state index in [4.69, 9.17) is 0 Å². The zero-order valence-electron chi connectivity index (χ0n) is 21.1. The molecule has 0 radical (unpaired) electrons. The summed E-state index contributed by atoms with van der Waals surface area (Å²) >= 11 is 1.44. The Balaban J connectivity index is 1.12. The molecule has 0 spiro atoms. The average Bonchev–Trinajstić information content (AvgIpc) is 3.45. The van der Waals surface area contributed by atoms with Crippen LogP contribution in [-0.2, 0) is 11.3 Å². The van der Waals surface area contributed by atoms with E-state index in [1.165, 1.54) is 11.3 Å². The second-order valence-corrected chi connectivity index (χ2v) is 10.1. The van der Waals surface area contributed by atoms with Gasteiger partial charge >= 0.3 is 0 Å². The lowest BCUT2D eigenvalue weighted by atomic mass is 9.99. The predicted molar refractivity (Wildman–Crippen MR) is 151 cm³/mol. The van der Waals surface area contributed by atoms with Gasteiger partial charge in [0, 0.05) is 38.1 Å². The molecule has 7 nitrogen and oxygen atoms in total. The van der Waals surface area contributed by atoms with Crippen molar-refractivity contribution in [3.63, 3.8) is 0 Å². The Morgan fingerprint density at radius 1 is 0.816 bits per heavy atom. The van der Waals surface area contributed by atoms with Crippen molar-refractivity contribution in [1.29, 1.82) is 0 Å². The van der Waals surface area contributed by atoms with Gasteiger partial charge in [0.1, 0.15) is 5.69 Å². The molecule has 5 rings (SSSR count). The highest BCUT2D eigenvalue weighted by Gasteiger charge is 2.26. The van der Waals surface area contributed by atoms with E-state index in [2.05, 4.69) is 32.7 Å². The van der Waals surface area contributed by atoms with Gasteiger partial charge in [-0.3, -0.25) is 14.5 Å². The van der Waals surface area contributed by atoms with E-state index < -0.39 is 0 Å². The number of hydrogen-bond acceptors (Lipinski definition) is 6. The van der Waals surface area contributed by atoms with Gasteiger partial charge in [-0.2, -0.15) is 0 Å². The van der Waals surface area contributed by atoms with Crippen molar-refractivity contribution in [2.45, 2.75) is 12.6 Å². The van der Waals surface area contributed by atoms with Crippen molar-refractivity contribution in [3.8, 4) is 0 Å². The Morgan fingerprint density at radius 3 is 2.00 bits per heavy atom. The summed E-state index contributed by atoms with van der Waals surface area (Å²) in [5.74, 6) is -0.0950. The van der Waals surface area contributed by atoms with Crippen LogP contribution in [0.1, 0.15) is 33.2 Å². The summed E-state index contributed by atoms with van der Waals surface area (Å²) in [6.45, 7) is 3.38. The average molecular weight is 526 g/mol. The number of benzene rings is 3. The molecule has 1 saturated heterocycles. The first kappa shape index (κ1) is 25.6. The van der Waals surface area contributed by atoms with Crippen molar-refractivity contribution in [2.75, 3.05) is 38.0 Å². The minimum absolute atomic E-state index is 0.0314. The normalized spacial score (nSPS) is 13.9. The molecule has 1 aromatic heterocycles. The van der Waals surface area contributed by atoms with Crippen LogP contribution in [0.25, 0.3) is 0 Å². The molecule has 4 aromatic rings. The molecule has 0 unspecified atom stereocenters. The summed E-state index contributed by atoms with van der Waals surface area (Å²) in [5.41, 5.74) is 3.71. The molecule has 0 atom stereocenters. The van der Waals surface area contributed by atoms with Crippen LogP contribution in [0, 0.1) is 0 Å². The van der Waals surface area contributed by atoms with Gasteiger partial charge in [0.2, 0.25) is 5.91 Å². The number of nitrogens with zero attached hydrogens (tertiary/aromatic N) is 3. The van der Waals surface area contributed by atoms with Crippen molar-refractivity contribution in [1.82, 2.24) is 20.1 Å². The number of carbonyl (C=O) groups excluding carboxylic acids is 2. The number of aromatic nitrogens is 1. The predicted octanol–water partition coefficient (Wildman–Crippen LogP) is 4.42. The third-order valence-electron chi connectivity index (χ3n) is 6.61. The van der Waals surface area contributed by atoms with Crippen LogP contribution in [0.2, 0.25) is 0 Å². The van der Waals surface area contributed by atoms with Crippen LogP contribution < -0.4 is 10.6 Å². The Kier molecular flexibility index (Phi) is 8.42. The molecule has 0 bridgehead atoms. The fourth-order valence-electron chi connectivity index (χ4n) is 4.56. The van der Waals surface area contributed by atoms with E-state index in [1.54, 1.807) is 0 Å². The van der Waals surface area contributed by atoms with E-state index in [9.17, 15) is 9.59 Å². The quantitative estimate of drug-likeness (QED) is 0.338. The van der Waals surface area contributed by atoms with E-state index in [1.807, 2.05) is 89.1 Å². The molecule has 3 aromatic carbocycles. The highest BCUT2D eigenvalue weighted by molar-refractivity contribution is 7.13. The lowest BCUT2D eigenvalue weighted by Crippen LogP contribution is -2.51. The van der Waals surface area contributed by atoms with Crippen LogP contribution in [0.4, 0.5) is 5.13 Å². The maximum Gasteiger partial charge on any atom is 0.273 e. The van der Waals surface area contributed by atoms with Crippen molar-refractivity contribution in [3.05, 3.63) is 119 Å². The first-order chi connectivity index (χ1) is 18.7. The van der Waals surface area contributed by atoms with Gasteiger partial charge in [0.05, 0.1) is 12.6 Å². The molecule has 0 saturated carbocycles. The summed E-state index contributed by atoms with van der Waals surface area (Å²) in [7, 11) is 0. The highest BCUT2D eigenvalue weighted by atomic mass is 32.1. The summed E-state index contributed by atoms with van der Waals surface area (Å²) in [6, 6.07) is 29.9. The fraction of sp³-hybridized carbons (Fsp3) is 0.233. The Morgan fingerprint density at radius 2 is 1.39 bits per heavy atom. The molecule has 1 aliphatic heterocycles. The zero-order valence-corrected chi connectivity index (χ0v) is 21.9. The minimum atomic E-state index is -0.206. The maximum absolute atomic E-state index is 13.0. The molecule has 2 amide bonds. The molecule has 2 N–H and O–H groups in total. The Labute approximate surface area is 227 Å². The van der Waals surface area contributed by atoms with Gasteiger partial charge in [-0.05, 0) is 16.7 Å². The van der Waals surface area contributed by atoms with Crippen molar-refractivity contribution in [2.24, 2.45) is 0 Å². The highest BCUT2D eigenvalue weighted by Crippen LogP contribution is 2.22. The van der Waals surface area contributed by atoms with E-state index in [0.717, 1.165) is 21.8 Å². The van der Waals surface area contributed by atoms with Crippen LogP contribution in [0.5, 0.6) is 0 Å². The van der Waals surface area contributed by atoms with E-state index in [-0.39, 0.29) is 17.9 Å². The summed E-state index contributed by atoms with van der Waals surface area (Å²) in [6.07, 6.45) is 0. The maximum atomic E-state index is 13.0. The van der Waals surface area contributed by atoms with Gasteiger partial charge in [0.15, 0.2) is 5.13 Å². The van der Waals surface area contributed by atoms with Crippen LogP contribution >= 0.6 is 11.3 Å². The Hall–Kier alpha value is -4.01. The third kappa shape index (κ3) is 6.65. The largest absolute Gasteiger partial charge is 0.357 e. The number of thiazole rings is 1. The van der Waals surface area contributed by atoms with Gasteiger partial charge in [-0.1, -0.05) is 91.0 Å². The summed E-state index contributed by atoms with van der Waals surface area (Å²) < 4.78 is 0. The molecule has 0 aliphatic carbocycles. The van der Waals surface area contributed by atoms with Gasteiger partial charge in [0.25, 0.3) is 5.91 Å². The lowest BCUT2D eigenvalue weighted by Gasteiger charge is -2.34. The minimum Gasteiger partial charge on any atom is -0.357 e. The van der Waals surface area contributed by atoms with Crippen LogP contribution in [0.15, 0.2) is 96.4 Å². The first-order valence-electron chi connectivity index (χ1n) is 12.8. The lowest BCUT2D eigenvalue weighted by molar-refractivity contribution is -0.123. The van der Waals surface area contributed by atoms with E-state index >= 15 is 0 Å². The number of anilines is 1. The van der Waals surface area contributed by atoms with Crippen molar-refractivity contribution < 1.29 is 9.59 Å². The number of piperazine rings is 1. The molecule has 1 aliphatic rings. The number of hydrogen-bond donors (Lipinski definition) is 2. The fourth-order valence-corrected chi connectivity index (χ4v) is 5.24. The first-order valence-corrected chi connectivity index (χ1v) is 13.7. The summed E-state index contributed by atoms with van der Waals surface area (Å²) in [4.78, 5) is 34.5. The Bertz CT molecular complexity index is 1280. The smallest absolute Gasteiger partial charge is 0.273 e. The second kappa shape index (κ2) is 12.5. The van der Waals surface area contributed by atoms with Gasteiger partial charge in [-0.25, -0.2) is 4.98 Å². The number of amides is 2. The topological polar surface area (TPSA) is 77.6 Å².